The van der Waals surface area contributed by atoms with Crippen LogP contribution in [-0.4, -0.2) is 31.2 Å². The fraction of sp³-hybridized carbons (Fsp3) is 0.943. The zero-order valence-electron chi connectivity index (χ0n) is 25.9. The number of unbranched alkanes of at least 4 members (excludes halogenated alkanes) is 25. The van der Waals surface area contributed by atoms with Gasteiger partial charge in [0.05, 0.1) is 26.7 Å². The molecule has 0 saturated heterocycles. The first kappa shape index (κ1) is 35.7. The number of rotatable bonds is 31. The Morgan fingerprint density at radius 2 is 0.611 bits per heavy atom. The van der Waals surface area contributed by atoms with Crippen molar-refractivity contribution < 1.29 is 4.48 Å². The van der Waals surface area contributed by atoms with Gasteiger partial charge in [-0.3, -0.25) is 0 Å². The SMILES string of the molecule is C=CC[N+](C)(CCCCCCCCCCCC)CCCCCCCCCCCCCCCCCCC. The Morgan fingerprint density at radius 3 is 0.833 bits per heavy atom. The molecule has 1 nitrogen and oxygen atoms in total. The maximum Gasteiger partial charge on any atom is 0.0969 e. The first-order chi connectivity index (χ1) is 17.7. The van der Waals surface area contributed by atoms with E-state index in [4.69, 9.17) is 0 Å². The Hall–Kier alpha value is -0.300. The van der Waals surface area contributed by atoms with Crippen molar-refractivity contribution in [2.75, 3.05) is 26.7 Å². The Morgan fingerprint density at radius 1 is 0.389 bits per heavy atom. The number of quaternary nitrogens is 1. The van der Waals surface area contributed by atoms with E-state index in [1.165, 1.54) is 191 Å². The van der Waals surface area contributed by atoms with E-state index in [1.54, 1.807) is 0 Å². The molecule has 0 aliphatic heterocycles. The van der Waals surface area contributed by atoms with Gasteiger partial charge < -0.3 is 4.48 Å². The van der Waals surface area contributed by atoms with Crippen molar-refractivity contribution in [1.29, 1.82) is 0 Å². The van der Waals surface area contributed by atoms with Crippen LogP contribution in [0.2, 0.25) is 0 Å². The fourth-order valence-corrected chi connectivity index (χ4v) is 5.81. The Balaban J connectivity index is 3.50. The quantitative estimate of drug-likeness (QED) is 0.0498. The first-order valence-corrected chi connectivity index (χ1v) is 17.1. The molecule has 0 fully saturated rings. The molecule has 1 unspecified atom stereocenters. The molecule has 0 aromatic heterocycles. The highest BCUT2D eigenvalue weighted by Gasteiger charge is 2.18. The van der Waals surface area contributed by atoms with Crippen molar-refractivity contribution >= 4 is 0 Å². The highest BCUT2D eigenvalue weighted by atomic mass is 15.3. The zero-order chi connectivity index (χ0) is 26.4. The van der Waals surface area contributed by atoms with Crippen LogP contribution in [0.4, 0.5) is 0 Å². The summed E-state index contributed by atoms with van der Waals surface area (Å²) in [7, 11) is 2.47. The van der Waals surface area contributed by atoms with Crippen LogP contribution in [0.25, 0.3) is 0 Å². The first-order valence-electron chi connectivity index (χ1n) is 17.1. The largest absolute Gasteiger partial charge is 0.323 e. The lowest BCUT2D eigenvalue weighted by atomic mass is 10.0. The van der Waals surface area contributed by atoms with Crippen molar-refractivity contribution in [2.24, 2.45) is 0 Å². The van der Waals surface area contributed by atoms with Crippen molar-refractivity contribution in [3.05, 3.63) is 12.7 Å². The van der Waals surface area contributed by atoms with Crippen LogP contribution in [0.5, 0.6) is 0 Å². The van der Waals surface area contributed by atoms with Crippen LogP contribution in [0.15, 0.2) is 12.7 Å². The highest BCUT2D eigenvalue weighted by molar-refractivity contribution is 4.65. The summed E-state index contributed by atoms with van der Waals surface area (Å²) in [6.07, 6.45) is 41.3. The lowest BCUT2D eigenvalue weighted by Crippen LogP contribution is -2.45. The van der Waals surface area contributed by atoms with E-state index in [1.807, 2.05) is 0 Å². The minimum absolute atomic E-state index is 1.15. The van der Waals surface area contributed by atoms with Crippen molar-refractivity contribution in [2.45, 2.75) is 187 Å². The molecule has 0 aromatic carbocycles. The number of hydrogen-bond donors (Lipinski definition) is 0. The summed E-state index contributed by atoms with van der Waals surface area (Å²) in [5, 5.41) is 0. The van der Waals surface area contributed by atoms with E-state index < -0.39 is 0 Å². The highest BCUT2D eigenvalue weighted by Crippen LogP contribution is 2.16. The van der Waals surface area contributed by atoms with E-state index in [0.717, 1.165) is 6.54 Å². The maximum absolute atomic E-state index is 4.06. The minimum Gasteiger partial charge on any atom is -0.323 e. The third kappa shape index (κ3) is 26.8. The molecule has 0 aliphatic rings. The molecule has 0 aromatic rings. The molecule has 0 heterocycles. The van der Waals surface area contributed by atoms with Gasteiger partial charge in [0.1, 0.15) is 0 Å². The molecular weight excluding hydrogens is 434 g/mol. The molecule has 0 bridgehead atoms. The summed E-state index contributed by atoms with van der Waals surface area (Å²) in [6, 6.07) is 0. The van der Waals surface area contributed by atoms with E-state index in [9.17, 15) is 0 Å². The summed E-state index contributed by atoms with van der Waals surface area (Å²) in [4.78, 5) is 0. The van der Waals surface area contributed by atoms with Crippen LogP contribution in [0.1, 0.15) is 187 Å². The zero-order valence-corrected chi connectivity index (χ0v) is 25.9. The molecule has 0 N–H and O–H groups in total. The molecule has 216 valence electrons. The molecular formula is C35H72N+. The standard InChI is InChI=1S/C35H72N/c1-5-8-10-12-14-16-18-19-20-21-22-23-24-26-28-30-32-35-36(4,33-7-3)34-31-29-27-25-17-15-13-11-9-6-2/h7H,3,5-6,8-35H2,1-2,4H3/q+1. The van der Waals surface area contributed by atoms with Gasteiger partial charge in [-0.05, 0) is 31.8 Å². The van der Waals surface area contributed by atoms with Gasteiger partial charge in [0.15, 0.2) is 0 Å². The van der Waals surface area contributed by atoms with Crippen LogP contribution < -0.4 is 0 Å². The molecule has 0 aliphatic carbocycles. The second kappa shape index (κ2) is 29.3. The predicted octanol–water partition coefficient (Wildman–Crippen LogP) is 12.2. The summed E-state index contributed by atoms with van der Waals surface area (Å²) < 4.78 is 1.22. The molecule has 0 spiro atoms. The number of likely N-dealkylation sites (N-methyl/N-ethyl adjacent to an activating group) is 1. The smallest absolute Gasteiger partial charge is 0.0969 e. The van der Waals surface area contributed by atoms with Crippen LogP contribution in [0.3, 0.4) is 0 Å². The van der Waals surface area contributed by atoms with Gasteiger partial charge in [-0.15, -0.1) is 0 Å². The van der Waals surface area contributed by atoms with Crippen molar-refractivity contribution in [3.8, 4) is 0 Å². The summed E-state index contributed by atoms with van der Waals surface area (Å²) in [6.45, 7) is 12.5. The number of nitrogens with zero attached hydrogens (tertiary/aromatic N) is 1. The third-order valence-corrected chi connectivity index (χ3v) is 8.42. The second-order valence-electron chi connectivity index (χ2n) is 12.4. The average molecular weight is 507 g/mol. The topological polar surface area (TPSA) is 0 Å². The van der Waals surface area contributed by atoms with E-state index in [-0.39, 0.29) is 0 Å². The van der Waals surface area contributed by atoms with E-state index >= 15 is 0 Å². The van der Waals surface area contributed by atoms with Gasteiger partial charge in [-0.1, -0.05) is 168 Å². The fourth-order valence-electron chi connectivity index (χ4n) is 5.81. The van der Waals surface area contributed by atoms with Gasteiger partial charge in [0.25, 0.3) is 0 Å². The average Bonchev–Trinajstić information content (AvgIpc) is 2.87. The van der Waals surface area contributed by atoms with E-state index in [0.29, 0.717) is 0 Å². The predicted molar refractivity (Wildman–Crippen MR) is 167 cm³/mol. The molecule has 0 amide bonds. The monoisotopic (exact) mass is 507 g/mol. The normalized spacial score (nSPS) is 13.2. The van der Waals surface area contributed by atoms with Crippen LogP contribution >= 0.6 is 0 Å². The van der Waals surface area contributed by atoms with Gasteiger partial charge in [-0.2, -0.15) is 0 Å². The third-order valence-electron chi connectivity index (χ3n) is 8.42. The Bertz CT molecular complexity index is 417. The summed E-state index contributed by atoms with van der Waals surface area (Å²) >= 11 is 0. The molecule has 0 saturated carbocycles. The molecule has 1 heteroatoms. The molecule has 0 rings (SSSR count). The molecule has 0 radical (unpaired) electrons. The number of hydrogen-bond acceptors (Lipinski definition) is 0. The van der Waals surface area contributed by atoms with Gasteiger partial charge in [0.2, 0.25) is 0 Å². The summed E-state index contributed by atoms with van der Waals surface area (Å²) in [5.74, 6) is 0. The molecule has 1 atom stereocenters. The Labute approximate surface area is 230 Å². The van der Waals surface area contributed by atoms with Crippen molar-refractivity contribution in [1.82, 2.24) is 0 Å². The lowest BCUT2D eigenvalue weighted by molar-refractivity contribution is -0.904. The van der Waals surface area contributed by atoms with Gasteiger partial charge in [0, 0.05) is 0 Å². The second-order valence-corrected chi connectivity index (χ2v) is 12.4. The van der Waals surface area contributed by atoms with Gasteiger partial charge in [-0.25, -0.2) is 0 Å². The van der Waals surface area contributed by atoms with Crippen LogP contribution in [0, 0.1) is 0 Å². The minimum atomic E-state index is 1.15. The van der Waals surface area contributed by atoms with Crippen molar-refractivity contribution in [3.63, 3.8) is 0 Å². The molecule has 36 heavy (non-hydrogen) atoms. The lowest BCUT2D eigenvalue weighted by Gasteiger charge is -2.34. The Kier molecular flexibility index (Phi) is 29.0. The summed E-state index contributed by atoms with van der Waals surface area (Å²) in [5.41, 5.74) is 0. The maximum atomic E-state index is 4.06. The van der Waals surface area contributed by atoms with E-state index in [2.05, 4.69) is 33.6 Å². The van der Waals surface area contributed by atoms with Gasteiger partial charge >= 0.3 is 0 Å². The van der Waals surface area contributed by atoms with Crippen LogP contribution in [-0.2, 0) is 0 Å².